The molecule has 0 spiro atoms. The summed E-state index contributed by atoms with van der Waals surface area (Å²) in [6.07, 6.45) is 7.13. The van der Waals surface area contributed by atoms with Crippen LogP contribution in [0.3, 0.4) is 0 Å². The van der Waals surface area contributed by atoms with E-state index < -0.39 is 17.0 Å². The Kier molecular flexibility index (Phi) is 3.99. The topological polar surface area (TPSA) is 74.6 Å². The Hall–Kier alpha value is -1.16. The second-order valence-corrected chi connectivity index (χ2v) is 9.17. The maximum Gasteiger partial charge on any atom is 0.310 e. The molecule has 2 N–H and O–H groups in total. The van der Waals surface area contributed by atoms with Crippen LogP contribution in [0, 0.1) is 34.5 Å². The van der Waals surface area contributed by atoms with Crippen LogP contribution < -0.4 is 0 Å². The molecule has 4 nitrogen and oxygen atoms in total. The Labute approximate surface area is 144 Å². The normalized spacial score (nSPS) is 48.1. The molecule has 0 radical (unpaired) electrons. The average molecular weight is 334 g/mol. The number of rotatable bonds is 2. The van der Waals surface area contributed by atoms with Gasteiger partial charge in [-0.2, -0.15) is 0 Å². The number of hydrogen-bond acceptors (Lipinski definition) is 3. The summed E-state index contributed by atoms with van der Waals surface area (Å²) < 4.78 is 0. The number of carboxylic acid groups (broad SMARTS) is 1. The standard InChI is InChI=1S/C20H30O4/c1-12(2)13-5-6-15-14-7-8-19(4,24)16(21)11-18(14,3)9-10-20(13,15)17(22)23/h7-8,12-15,24H,5-6,9-11H2,1-4H3,(H,22,23)/t13-,14+,15+,18+,19+,20+/m1/s1. The molecule has 4 heteroatoms. The van der Waals surface area contributed by atoms with Gasteiger partial charge in [-0.25, -0.2) is 0 Å². The molecule has 6 atom stereocenters. The van der Waals surface area contributed by atoms with Crippen LogP contribution in [0.1, 0.15) is 59.8 Å². The van der Waals surface area contributed by atoms with Crippen LogP contribution in [0.15, 0.2) is 12.2 Å². The predicted octanol–water partition coefficient (Wildman–Crippen LogP) is 3.44. The smallest absolute Gasteiger partial charge is 0.310 e. The fraction of sp³-hybridized carbons (Fsp3) is 0.800. The highest BCUT2D eigenvalue weighted by Gasteiger charge is 2.64. The van der Waals surface area contributed by atoms with E-state index in [1.807, 2.05) is 6.08 Å². The SMILES string of the molecule is CC(C)[C@H]1CC[C@H]2[C@@H]3C=C[C@](C)(O)C(=O)C[C@]3(C)CC[C@]12C(=O)O. The molecule has 3 aliphatic rings. The number of ketones is 1. The Bertz CT molecular complexity index is 590. The van der Waals surface area contributed by atoms with E-state index in [0.29, 0.717) is 18.8 Å². The van der Waals surface area contributed by atoms with Gasteiger partial charge in [-0.1, -0.05) is 26.8 Å². The van der Waals surface area contributed by atoms with Gasteiger partial charge in [-0.05, 0) is 67.8 Å². The number of Topliss-reactive ketones (excluding diaryl/α,β-unsaturated/α-hetero) is 1. The molecule has 0 unspecified atom stereocenters. The van der Waals surface area contributed by atoms with Gasteiger partial charge in [-0.3, -0.25) is 9.59 Å². The van der Waals surface area contributed by atoms with Crippen molar-refractivity contribution >= 4 is 11.8 Å². The van der Waals surface area contributed by atoms with Crippen LogP contribution in [0.2, 0.25) is 0 Å². The second kappa shape index (κ2) is 5.42. The summed E-state index contributed by atoms with van der Waals surface area (Å²) >= 11 is 0. The van der Waals surface area contributed by atoms with Crippen LogP contribution >= 0.6 is 0 Å². The van der Waals surface area contributed by atoms with Crippen molar-refractivity contribution in [1.82, 2.24) is 0 Å². The van der Waals surface area contributed by atoms with Gasteiger partial charge in [-0.15, -0.1) is 0 Å². The van der Waals surface area contributed by atoms with E-state index in [0.717, 1.165) is 19.3 Å². The lowest BCUT2D eigenvalue weighted by molar-refractivity contribution is -0.165. The number of hydrogen-bond donors (Lipinski definition) is 2. The lowest BCUT2D eigenvalue weighted by Gasteiger charge is -2.52. The number of aliphatic hydroxyl groups is 1. The monoisotopic (exact) mass is 334 g/mol. The number of fused-ring (bicyclic) bond motifs is 3. The summed E-state index contributed by atoms with van der Waals surface area (Å²) in [7, 11) is 0. The minimum Gasteiger partial charge on any atom is -0.481 e. The van der Waals surface area contributed by atoms with Crippen LogP contribution in [0.4, 0.5) is 0 Å². The zero-order valence-electron chi connectivity index (χ0n) is 15.2. The maximum absolute atomic E-state index is 12.5. The molecule has 0 heterocycles. The molecule has 0 aromatic rings. The Morgan fingerprint density at radius 1 is 1.25 bits per heavy atom. The third-order valence-electron chi connectivity index (χ3n) is 7.42. The molecular formula is C20H30O4. The minimum absolute atomic E-state index is 0.0454. The molecule has 2 fully saturated rings. The largest absolute Gasteiger partial charge is 0.481 e. The first-order valence-electron chi connectivity index (χ1n) is 9.23. The van der Waals surface area contributed by atoms with Gasteiger partial charge in [0.2, 0.25) is 0 Å². The van der Waals surface area contributed by atoms with Crippen LogP contribution in [-0.4, -0.2) is 27.6 Å². The van der Waals surface area contributed by atoms with E-state index in [2.05, 4.69) is 20.8 Å². The molecule has 24 heavy (non-hydrogen) atoms. The fourth-order valence-corrected chi connectivity index (χ4v) is 6.02. The number of allylic oxidation sites excluding steroid dienone is 1. The summed E-state index contributed by atoms with van der Waals surface area (Å²) in [6, 6.07) is 0. The fourth-order valence-electron chi connectivity index (χ4n) is 6.02. The highest BCUT2D eigenvalue weighted by atomic mass is 16.4. The van der Waals surface area contributed by atoms with Crippen molar-refractivity contribution in [3.63, 3.8) is 0 Å². The van der Waals surface area contributed by atoms with Gasteiger partial charge in [0.15, 0.2) is 5.78 Å². The molecule has 0 aliphatic heterocycles. The van der Waals surface area contributed by atoms with Gasteiger partial charge >= 0.3 is 5.97 Å². The van der Waals surface area contributed by atoms with E-state index in [9.17, 15) is 19.8 Å². The van der Waals surface area contributed by atoms with Gasteiger partial charge in [0, 0.05) is 6.42 Å². The van der Waals surface area contributed by atoms with Gasteiger partial charge < -0.3 is 10.2 Å². The molecule has 2 saturated carbocycles. The molecule has 3 rings (SSSR count). The number of carbonyl (C=O) groups is 2. The lowest BCUT2D eigenvalue weighted by Crippen LogP contribution is -2.52. The third kappa shape index (κ3) is 2.29. The maximum atomic E-state index is 12.5. The van der Waals surface area contributed by atoms with Crippen molar-refractivity contribution in [2.45, 2.75) is 65.4 Å². The van der Waals surface area contributed by atoms with Crippen LogP contribution in [-0.2, 0) is 9.59 Å². The minimum atomic E-state index is -1.43. The van der Waals surface area contributed by atoms with Crippen molar-refractivity contribution in [2.24, 2.45) is 34.5 Å². The van der Waals surface area contributed by atoms with Gasteiger partial charge in [0.05, 0.1) is 5.41 Å². The molecule has 0 aromatic heterocycles. The Balaban J connectivity index is 2.07. The Morgan fingerprint density at radius 2 is 1.92 bits per heavy atom. The van der Waals surface area contributed by atoms with Crippen molar-refractivity contribution in [2.75, 3.05) is 0 Å². The van der Waals surface area contributed by atoms with E-state index in [1.54, 1.807) is 13.0 Å². The molecule has 3 aliphatic carbocycles. The third-order valence-corrected chi connectivity index (χ3v) is 7.42. The second-order valence-electron chi connectivity index (χ2n) is 9.17. The summed E-state index contributed by atoms with van der Waals surface area (Å²) in [4.78, 5) is 24.8. The summed E-state index contributed by atoms with van der Waals surface area (Å²) in [5, 5.41) is 20.6. The summed E-state index contributed by atoms with van der Waals surface area (Å²) in [5.74, 6) is -0.179. The van der Waals surface area contributed by atoms with Crippen molar-refractivity contribution in [1.29, 1.82) is 0 Å². The first-order valence-corrected chi connectivity index (χ1v) is 9.23. The van der Waals surface area contributed by atoms with Crippen LogP contribution in [0.25, 0.3) is 0 Å². The number of carbonyl (C=O) groups excluding carboxylic acids is 1. The molecule has 0 saturated heterocycles. The van der Waals surface area contributed by atoms with E-state index in [4.69, 9.17) is 0 Å². The van der Waals surface area contributed by atoms with E-state index in [-0.39, 0.29) is 29.0 Å². The van der Waals surface area contributed by atoms with E-state index in [1.165, 1.54) is 0 Å². The number of carboxylic acids is 1. The average Bonchev–Trinajstić information content (AvgIpc) is 2.82. The molecule has 0 bridgehead atoms. The van der Waals surface area contributed by atoms with Crippen molar-refractivity contribution < 1.29 is 19.8 Å². The summed E-state index contributed by atoms with van der Waals surface area (Å²) in [5.41, 5.74) is -2.35. The highest BCUT2D eigenvalue weighted by Crippen LogP contribution is 2.65. The van der Waals surface area contributed by atoms with Gasteiger partial charge in [0.1, 0.15) is 5.60 Å². The van der Waals surface area contributed by atoms with Crippen molar-refractivity contribution in [3.05, 3.63) is 12.2 Å². The Morgan fingerprint density at radius 3 is 2.50 bits per heavy atom. The first-order chi connectivity index (χ1) is 11.0. The lowest BCUT2D eigenvalue weighted by atomic mass is 9.50. The highest BCUT2D eigenvalue weighted by molar-refractivity contribution is 5.90. The zero-order valence-corrected chi connectivity index (χ0v) is 15.2. The first kappa shape index (κ1) is 17.7. The predicted molar refractivity (Wildman–Crippen MR) is 91.3 cm³/mol. The van der Waals surface area contributed by atoms with Crippen LogP contribution in [0.5, 0.6) is 0 Å². The van der Waals surface area contributed by atoms with Gasteiger partial charge in [0.25, 0.3) is 0 Å². The summed E-state index contributed by atoms with van der Waals surface area (Å²) in [6.45, 7) is 7.91. The molecule has 0 amide bonds. The zero-order chi connectivity index (χ0) is 17.9. The van der Waals surface area contributed by atoms with Crippen molar-refractivity contribution in [3.8, 4) is 0 Å². The molecule has 0 aromatic carbocycles. The van der Waals surface area contributed by atoms with E-state index >= 15 is 0 Å². The molecular weight excluding hydrogens is 304 g/mol. The quantitative estimate of drug-likeness (QED) is 0.759. The number of aliphatic carboxylic acids is 1. The molecule has 134 valence electrons.